The van der Waals surface area contributed by atoms with Gasteiger partial charge in [-0.2, -0.15) is 0 Å². The van der Waals surface area contributed by atoms with Crippen molar-refractivity contribution in [2.45, 2.75) is 25.7 Å². The fourth-order valence-electron chi connectivity index (χ4n) is 2.69. The van der Waals surface area contributed by atoms with Crippen molar-refractivity contribution in [1.82, 2.24) is 0 Å². The Hall–Kier alpha value is -2.94. The number of anilines is 1. The number of benzene rings is 2. The van der Waals surface area contributed by atoms with Gasteiger partial charge in [0.25, 0.3) is 15.7 Å². The Balaban J connectivity index is 2.65. The van der Waals surface area contributed by atoms with E-state index in [1.807, 2.05) is 0 Å². The molecule has 27 heavy (non-hydrogen) atoms. The first-order chi connectivity index (χ1) is 12.6. The Morgan fingerprint density at radius 1 is 1.15 bits per heavy atom. The summed E-state index contributed by atoms with van der Waals surface area (Å²) in [6, 6.07) is 8.32. The van der Waals surface area contributed by atoms with E-state index in [9.17, 15) is 23.3 Å². The van der Waals surface area contributed by atoms with Gasteiger partial charge in [-0.1, -0.05) is 12.1 Å². The smallest absolute Gasteiger partial charge is 0.337 e. The summed E-state index contributed by atoms with van der Waals surface area (Å²) in [7, 11) is -2.85. The minimum atomic E-state index is -4.09. The number of ether oxygens (including phenoxy) is 1. The summed E-state index contributed by atoms with van der Waals surface area (Å²) < 4.78 is 32.3. The number of nitrogens with zero attached hydrogens (tertiary/aromatic N) is 2. The third kappa shape index (κ3) is 3.92. The minimum absolute atomic E-state index is 0.0793. The van der Waals surface area contributed by atoms with Crippen LogP contribution in [0, 0.1) is 24.0 Å². The highest BCUT2D eigenvalue weighted by molar-refractivity contribution is 7.92. The number of hydrogen-bond donors (Lipinski definition) is 0. The molecule has 0 aliphatic rings. The van der Waals surface area contributed by atoms with Gasteiger partial charge in [0.15, 0.2) is 0 Å². The maximum absolute atomic E-state index is 13.2. The van der Waals surface area contributed by atoms with E-state index in [0.717, 1.165) is 10.4 Å². The summed E-state index contributed by atoms with van der Waals surface area (Å²) in [6.07, 6.45) is 0. The van der Waals surface area contributed by atoms with Crippen LogP contribution in [0.5, 0.6) is 0 Å². The molecule has 0 saturated heterocycles. The lowest BCUT2D eigenvalue weighted by atomic mass is 10.1. The molecule has 0 spiro atoms. The Morgan fingerprint density at radius 3 is 2.33 bits per heavy atom. The fraction of sp³-hybridized carbons (Fsp3) is 0.278. The number of non-ortho nitro benzene ring substituents is 1. The molecule has 0 aromatic heterocycles. The third-order valence-electron chi connectivity index (χ3n) is 4.14. The van der Waals surface area contributed by atoms with E-state index in [1.165, 1.54) is 25.3 Å². The molecule has 0 fully saturated rings. The molecule has 0 bridgehead atoms. The highest BCUT2D eigenvalue weighted by Crippen LogP contribution is 2.31. The molecule has 0 amide bonds. The van der Waals surface area contributed by atoms with Crippen LogP contribution < -0.4 is 4.31 Å². The molecule has 0 aliphatic heterocycles. The topological polar surface area (TPSA) is 107 Å². The van der Waals surface area contributed by atoms with E-state index in [1.54, 1.807) is 32.9 Å². The molecule has 0 aliphatic carbocycles. The van der Waals surface area contributed by atoms with E-state index in [4.69, 9.17) is 4.74 Å². The van der Waals surface area contributed by atoms with Gasteiger partial charge in [-0.15, -0.1) is 0 Å². The molecule has 8 nitrogen and oxygen atoms in total. The molecular formula is C18H20N2O6S. The summed E-state index contributed by atoms with van der Waals surface area (Å²) in [5.41, 5.74) is 1.24. The zero-order valence-electron chi connectivity index (χ0n) is 15.4. The number of methoxy groups -OCH3 is 1. The van der Waals surface area contributed by atoms with Gasteiger partial charge in [-0.3, -0.25) is 14.4 Å². The van der Waals surface area contributed by atoms with E-state index in [0.29, 0.717) is 16.8 Å². The van der Waals surface area contributed by atoms with Gasteiger partial charge in [0.2, 0.25) is 0 Å². The normalized spacial score (nSPS) is 11.1. The van der Waals surface area contributed by atoms with Crippen molar-refractivity contribution in [1.29, 1.82) is 0 Å². The summed E-state index contributed by atoms with van der Waals surface area (Å²) in [6.45, 7) is 5.02. The molecule has 2 aromatic rings. The Bertz CT molecular complexity index is 1000. The highest BCUT2D eigenvalue weighted by atomic mass is 32.2. The van der Waals surface area contributed by atoms with E-state index >= 15 is 0 Å². The second kappa shape index (κ2) is 7.75. The first-order valence-corrected chi connectivity index (χ1v) is 9.54. The van der Waals surface area contributed by atoms with Crippen molar-refractivity contribution in [2.75, 3.05) is 18.0 Å². The number of carbonyl (C=O) groups is 1. The summed E-state index contributed by atoms with van der Waals surface area (Å²) >= 11 is 0. The number of carbonyl (C=O) groups excluding carboxylic acids is 1. The molecule has 0 heterocycles. The molecule has 2 rings (SSSR count). The van der Waals surface area contributed by atoms with Crippen LogP contribution in [0.15, 0.2) is 41.3 Å². The summed E-state index contributed by atoms with van der Waals surface area (Å²) in [5, 5.41) is 11.1. The Labute approximate surface area is 157 Å². The van der Waals surface area contributed by atoms with Gasteiger partial charge in [-0.05, 0) is 44.0 Å². The molecule has 0 unspecified atom stereocenters. The molecule has 2 aromatic carbocycles. The standard InChI is InChI=1S/C18H20N2O6S/c1-5-19(16-10-14(18(21)26-4)8-6-12(16)2)27(24,25)17-11-15(20(22)23)9-7-13(17)3/h6-11H,5H2,1-4H3. The zero-order chi connectivity index (χ0) is 20.4. The molecule has 9 heteroatoms. The van der Waals surface area contributed by atoms with Crippen molar-refractivity contribution < 1.29 is 22.9 Å². The fourth-order valence-corrected chi connectivity index (χ4v) is 4.47. The van der Waals surface area contributed by atoms with Crippen LogP contribution in [0.4, 0.5) is 11.4 Å². The molecule has 0 radical (unpaired) electrons. The number of sulfonamides is 1. The lowest BCUT2D eigenvalue weighted by Crippen LogP contribution is -2.32. The second-order valence-corrected chi connectivity index (χ2v) is 7.70. The van der Waals surface area contributed by atoms with Crippen molar-refractivity contribution in [3.05, 3.63) is 63.2 Å². The first-order valence-electron chi connectivity index (χ1n) is 8.10. The van der Waals surface area contributed by atoms with Crippen LogP contribution in [0.25, 0.3) is 0 Å². The van der Waals surface area contributed by atoms with Gasteiger partial charge < -0.3 is 4.74 Å². The highest BCUT2D eigenvalue weighted by Gasteiger charge is 2.28. The molecule has 144 valence electrons. The Kier molecular flexibility index (Phi) is 5.85. The van der Waals surface area contributed by atoms with Crippen molar-refractivity contribution in [2.24, 2.45) is 0 Å². The lowest BCUT2D eigenvalue weighted by Gasteiger charge is -2.25. The van der Waals surface area contributed by atoms with Gasteiger partial charge in [0.1, 0.15) is 0 Å². The molecule has 0 saturated carbocycles. The average Bonchev–Trinajstić information content (AvgIpc) is 2.62. The zero-order valence-corrected chi connectivity index (χ0v) is 16.2. The number of hydrogen-bond acceptors (Lipinski definition) is 6. The predicted molar refractivity (Wildman–Crippen MR) is 101 cm³/mol. The largest absolute Gasteiger partial charge is 0.465 e. The summed E-state index contributed by atoms with van der Waals surface area (Å²) in [4.78, 5) is 22.1. The molecule has 0 N–H and O–H groups in total. The van der Waals surface area contributed by atoms with Gasteiger partial charge in [0, 0.05) is 18.7 Å². The van der Waals surface area contributed by atoms with Crippen LogP contribution in [-0.4, -0.2) is 33.0 Å². The van der Waals surface area contributed by atoms with Crippen LogP contribution in [-0.2, 0) is 14.8 Å². The average molecular weight is 392 g/mol. The quantitative estimate of drug-likeness (QED) is 0.424. The SMILES string of the molecule is CCN(c1cc(C(=O)OC)ccc1C)S(=O)(=O)c1cc([N+](=O)[O-])ccc1C. The third-order valence-corrected chi connectivity index (χ3v) is 6.17. The molecule has 0 atom stereocenters. The van der Waals surface area contributed by atoms with Crippen molar-refractivity contribution >= 4 is 27.4 Å². The number of nitro groups is 1. The van der Waals surface area contributed by atoms with Crippen LogP contribution in [0.1, 0.15) is 28.4 Å². The number of aryl methyl sites for hydroxylation is 2. The lowest BCUT2D eigenvalue weighted by molar-refractivity contribution is -0.385. The van der Waals surface area contributed by atoms with E-state index in [-0.39, 0.29) is 22.7 Å². The first kappa shape index (κ1) is 20.4. The second-order valence-electron chi connectivity index (χ2n) is 5.87. The van der Waals surface area contributed by atoms with Crippen LogP contribution in [0.3, 0.4) is 0 Å². The minimum Gasteiger partial charge on any atom is -0.465 e. The van der Waals surface area contributed by atoms with E-state index in [2.05, 4.69) is 0 Å². The van der Waals surface area contributed by atoms with Gasteiger partial charge in [-0.25, -0.2) is 13.2 Å². The molecular weight excluding hydrogens is 372 g/mol. The predicted octanol–water partition coefficient (Wildman–Crippen LogP) is 3.21. The number of rotatable bonds is 6. The Morgan fingerprint density at radius 2 is 1.78 bits per heavy atom. The van der Waals surface area contributed by atoms with Gasteiger partial charge in [0.05, 0.1) is 28.2 Å². The summed E-state index contributed by atoms with van der Waals surface area (Å²) in [5.74, 6) is -0.587. The van der Waals surface area contributed by atoms with Crippen molar-refractivity contribution in [3.8, 4) is 0 Å². The maximum atomic E-state index is 13.2. The number of esters is 1. The van der Waals surface area contributed by atoms with Crippen LogP contribution >= 0.6 is 0 Å². The van der Waals surface area contributed by atoms with Crippen LogP contribution in [0.2, 0.25) is 0 Å². The maximum Gasteiger partial charge on any atom is 0.337 e. The number of nitro benzene ring substituents is 1. The van der Waals surface area contributed by atoms with Gasteiger partial charge >= 0.3 is 5.97 Å². The monoisotopic (exact) mass is 392 g/mol. The van der Waals surface area contributed by atoms with E-state index < -0.39 is 20.9 Å². The van der Waals surface area contributed by atoms with Crippen molar-refractivity contribution in [3.63, 3.8) is 0 Å².